The molecule has 1 aromatic heterocycles. The molecular weight excluding hydrogens is 238 g/mol. The summed E-state index contributed by atoms with van der Waals surface area (Å²) in [6.45, 7) is 5.23. The summed E-state index contributed by atoms with van der Waals surface area (Å²) in [5.41, 5.74) is -0.449. The van der Waals surface area contributed by atoms with Crippen LogP contribution in [0.15, 0.2) is 6.20 Å². The van der Waals surface area contributed by atoms with Gasteiger partial charge in [0, 0.05) is 13.2 Å². The van der Waals surface area contributed by atoms with E-state index in [0.29, 0.717) is 0 Å². The predicted molar refractivity (Wildman–Crippen MR) is 64.4 cm³/mol. The van der Waals surface area contributed by atoms with Crippen LogP contribution in [0.2, 0.25) is 0 Å². The van der Waals surface area contributed by atoms with Gasteiger partial charge in [-0.3, -0.25) is 10.00 Å². The first-order valence-electron chi connectivity index (χ1n) is 5.35. The van der Waals surface area contributed by atoms with Gasteiger partial charge in [-0.2, -0.15) is 5.10 Å². The number of aromatic nitrogens is 2. The lowest BCUT2D eigenvalue weighted by Gasteiger charge is -2.19. The van der Waals surface area contributed by atoms with Crippen LogP contribution >= 0.6 is 0 Å². The number of hydrogen-bond acceptors (Lipinski definition) is 5. The third kappa shape index (κ3) is 3.76. The number of anilines is 1. The molecule has 0 spiro atoms. The van der Waals surface area contributed by atoms with E-state index in [1.54, 1.807) is 27.8 Å². The number of esters is 1. The van der Waals surface area contributed by atoms with Crippen LogP contribution in [-0.2, 0) is 16.5 Å². The molecule has 1 aromatic rings. The molecule has 7 heteroatoms. The number of rotatable bonds is 2. The van der Waals surface area contributed by atoms with Crippen molar-refractivity contribution in [3.63, 3.8) is 0 Å². The molecule has 0 saturated carbocycles. The zero-order valence-corrected chi connectivity index (χ0v) is 11.1. The maximum Gasteiger partial charge on any atom is 0.413 e. The van der Waals surface area contributed by atoms with E-state index in [-0.39, 0.29) is 11.4 Å². The Morgan fingerprint density at radius 2 is 2.00 bits per heavy atom. The van der Waals surface area contributed by atoms with Crippen LogP contribution in [0.25, 0.3) is 0 Å². The van der Waals surface area contributed by atoms with Crippen molar-refractivity contribution in [2.75, 3.05) is 12.4 Å². The predicted octanol–water partition coefficient (Wildman–Crippen LogP) is 1.55. The first-order chi connectivity index (χ1) is 8.23. The molecule has 1 amide bonds. The third-order valence-electron chi connectivity index (χ3n) is 1.85. The Kier molecular flexibility index (Phi) is 3.95. The molecule has 0 fully saturated rings. The Hall–Kier alpha value is -2.05. The Bertz CT molecular complexity index is 459. The fourth-order valence-electron chi connectivity index (χ4n) is 1.24. The highest BCUT2D eigenvalue weighted by atomic mass is 16.6. The number of carbonyl (C=O) groups is 2. The lowest BCUT2D eigenvalue weighted by molar-refractivity contribution is 0.0601. The van der Waals surface area contributed by atoms with Gasteiger partial charge >= 0.3 is 12.1 Å². The summed E-state index contributed by atoms with van der Waals surface area (Å²) in [4.78, 5) is 23.0. The summed E-state index contributed by atoms with van der Waals surface area (Å²) < 4.78 is 11.1. The number of nitrogens with one attached hydrogen (secondary N) is 1. The normalized spacial score (nSPS) is 10.9. The van der Waals surface area contributed by atoms with Crippen LogP contribution in [0, 0.1) is 0 Å². The van der Waals surface area contributed by atoms with Gasteiger partial charge in [0.15, 0.2) is 5.82 Å². The van der Waals surface area contributed by atoms with Crippen molar-refractivity contribution < 1.29 is 19.1 Å². The summed E-state index contributed by atoms with van der Waals surface area (Å²) in [5, 5.41) is 6.36. The molecule has 1 rings (SSSR count). The van der Waals surface area contributed by atoms with E-state index in [1.807, 2.05) is 0 Å². The SMILES string of the molecule is COC(=O)c1cn(C)nc1NC(=O)OC(C)(C)C. The van der Waals surface area contributed by atoms with E-state index < -0.39 is 17.7 Å². The van der Waals surface area contributed by atoms with Gasteiger partial charge in [-0.05, 0) is 20.8 Å². The van der Waals surface area contributed by atoms with Gasteiger partial charge in [0.1, 0.15) is 11.2 Å². The van der Waals surface area contributed by atoms with Gasteiger partial charge in [-0.25, -0.2) is 9.59 Å². The van der Waals surface area contributed by atoms with E-state index in [0.717, 1.165) is 0 Å². The minimum atomic E-state index is -0.675. The number of hydrogen-bond donors (Lipinski definition) is 1. The Balaban J connectivity index is 2.84. The van der Waals surface area contributed by atoms with E-state index >= 15 is 0 Å². The first kappa shape index (κ1) is 14.0. The summed E-state index contributed by atoms with van der Waals surface area (Å²) in [7, 11) is 2.89. The Labute approximate surface area is 105 Å². The van der Waals surface area contributed by atoms with Crippen LogP contribution in [0.4, 0.5) is 10.6 Å². The average Bonchev–Trinajstić information content (AvgIpc) is 2.55. The molecule has 0 bridgehead atoms. The highest BCUT2D eigenvalue weighted by molar-refractivity contribution is 5.98. The van der Waals surface area contributed by atoms with Gasteiger partial charge in [-0.1, -0.05) is 0 Å². The minimum absolute atomic E-state index is 0.110. The van der Waals surface area contributed by atoms with Crippen molar-refractivity contribution in [3.05, 3.63) is 11.8 Å². The van der Waals surface area contributed by atoms with Crippen molar-refractivity contribution in [1.82, 2.24) is 9.78 Å². The second-order valence-corrected chi connectivity index (χ2v) is 4.68. The largest absolute Gasteiger partial charge is 0.465 e. The summed E-state index contributed by atoms with van der Waals surface area (Å²) in [6, 6.07) is 0. The number of nitrogens with zero attached hydrogens (tertiary/aromatic N) is 2. The first-order valence-corrected chi connectivity index (χ1v) is 5.35. The topological polar surface area (TPSA) is 82.5 Å². The van der Waals surface area contributed by atoms with Crippen LogP contribution in [0.1, 0.15) is 31.1 Å². The van der Waals surface area contributed by atoms with E-state index in [4.69, 9.17) is 4.74 Å². The molecule has 0 unspecified atom stereocenters. The van der Waals surface area contributed by atoms with E-state index in [2.05, 4.69) is 15.2 Å². The zero-order chi connectivity index (χ0) is 13.9. The van der Waals surface area contributed by atoms with Crippen molar-refractivity contribution >= 4 is 17.9 Å². The fourth-order valence-corrected chi connectivity index (χ4v) is 1.24. The van der Waals surface area contributed by atoms with Gasteiger partial charge < -0.3 is 9.47 Å². The molecule has 0 radical (unpaired) electrons. The smallest absolute Gasteiger partial charge is 0.413 e. The van der Waals surface area contributed by atoms with Crippen molar-refractivity contribution in [3.8, 4) is 0 Å². The monoisotopic (exact) mass is 255 g/mol. The van der Waals surface area contributed by atoms with Crippen LogP contribution in [0.3, 0.4) is 0 Å². The number of carbonyl (C=O) groups excluding carboxylic acids is 2. The minimum Gasteiger partial charge on any atom is -0.465 e. The highest BCUT2D eigenvalue weighted by Gasteiger charge is 2.21. The van der Waals surface area contributed by atoms with Gasteiger partial charge in [0.05, 0.1) is 7.11 Å². The third-order valence-corrected chi connectivity index (χ3v) is 1.85. The molecule has 1 N–H and O–H groups in total. The van der Waals surface area contributed by atoms with Crippen molar-refractivity contribution in [2.24, 2.45) is 7.05 Å². The fraction of sp³-hybridized carbons (Fsp3) is 0.545. The van der Waals surface area contributed by atoms with Crippen LogP contribution in [-0.4, -0.2) is 34.6 Å². The zero-order valence-electron chi connectivity index (χ0n) is 11.1. The second kappa shape index (κ2) is 5.07. The molecule has 0 atom stereocenters. The van der Waals surface area contributed by atoms with Gasteiger partial charge in [-0.15, -0.1) is 0 Å². The maximum atomic E-state index is 11.6. The van der Waals surface area contributed by atoms with Gasteiger partial charge in [0.25, 0.3) is 0 Å². The molecule has 0 aliphatic carbocycles. The number of ether oxygens (including phenoxy) is 2. The van der Waals surface area contributed by atoms with Crippen LogP contribution in [0.5, 0.6) is 0 Å². The quantitative estimate of drug-likeness (QED) is 0.811. The standard InChI is InChI=1S/C11H17N3O4/c1-11(2,3)18-10(16)12-8-7(9(15)17-5)6-14(4)13-8/h6H,1-5H3,(H,12,13,16). The number of aryl methyl sites for hydroxylation is 1. The molecule has 0 aliphatic heterocycles. The van der Waals surface area contributed by atoms with Crippen LogP contribution < -0.4 is 5.32 Å². The second-order valence-electron chi connectivity index (χ2n) is 4.68. The Morgan fingerprint density at radius 1 is 1.39 bits per heavy atom. The van der Waals surface area contributed by atoms with Gasteiger partial charge in [0.2, 0.25) is 0 Å². The molecule has 100 valence electrons. The molecule has 0 aliphatic rings. The lowest BCUT2D eigenvalue weighted by Crippen LogP contribution is -2.27. The molecule has 0 saturated heterocycles. The lowest BCUT2D eigenvalue weighted by atomic mass is 10.2. The summed E-state index contributed by atoms with van der Waals surface area (Å²) in [5.74, 6) is -0.465. The average molecular weight is 255 g/mol. The molecule has 1 heterocycles. The maximum absolute atomic E-state index is 11.6. The Morgan fingerprint density at radius 3 is 2.50 bits per heavy atom. The highest BCUT2D eigenvalue weighted by Crippen LogP contribution is 2.15. The number of methoxy groups -OCH3 is 1. The summed E-state index contributed by atoms with van der Waals surface area (Å²) >= 11 is 0. The molecule has 0 aromatic carbocycles. The van der Waals surface area contributed by atoms with E-state index in [1.165, 1.54) is 18.0 Å². The number of amides is 1. The molecular formula is C11H17N3O4. The van der Waals surface area contributed by atoms with Crippen molar-refractivity contribution in [1.29, 1.82) is 0 Å². The molecule has 7 nitrogen and oxygen atoms in total. The summed E-state index contributed by atoms with van der Waals surface area (Å²) in [6.07, 6.45) is 0.782. The molecule has 18 heavy (non-hydrogen) atoms. The van der Waals surface area contributed by atoms with Crippen molar-refractivity contribution in [2.45, 2.75) is 26.4 Å². The van der Waals surface area contributed by atoms with E-state index in [9.17, 15) is 9.59 Å².